The Hall–Kier alpha value is -3.27. The summed E-state index contributed by atoms with van der Waals surface area (Å²) in [5, 5.41) is 48.5. The van der Waals surface area contributed by atoms with E-state index in [1.165, 1.54) is 24.5 Å². The van der Waals surface area contributed by atoms with Crippen LogP contribution < -0.4 is 10.2 Å². The second-order valence-electron chi connectivity index (χ2n) is 7.00. The Bertz CT molecular complexity index is 1120. The van der Waals surface area contributed by atoms with Gasteiger partial charge in [0.15, 0.2) is 23.1 Å². The highest BCUT2D eigenvalue weighted by Gasteiger charge is 2.38. The van der Waals surface area contributed by atoms with Gasteiger partial charge in [0, 0.05) is 12.5 Å². The van der Waals surface area contributed by atoms with Gasteiger partial charge in [-0.25, -0.2) is 0 Å². The SMILES string of the molecule is O=c1c(C2=CC=C(O)CC2)coc2cc(OC3OC(CO)C(O)=C(O)C3O)ccc12. The van der Waals surface area contributed by atoms with E-state index in [0.717, 1.165) is 5.57 Å². The number of ether oxygens (including phenoxy) is 2. The lowest BCUT2D eigenvalue weighted by atomic mass is 9.97. The molecule has 3 unspecified atom stereocenters. The van der Waals surface area contributed by atoms with Crippen LogP contribution in [0.5, 0.6) is 5.75 Å². The molecule has 2 heterocycles. The first-order chi connectivity index (χ1) is 14.4. The molecule has 1 aliphatic heterocycles. The third-order valence-corrected chi connectivity index (χ3v) is 5.04. The van der Waals surface area contributed by atoms with Crippen molar-refractivity contribution in [3.63, 3.8) is 0 Å². The predicted octanol–water partition coefficient (Wildman–Crippen LogP) is 2.20. The maximum atomic E-state index is 12.8. The van der Waals surface area contributed by atoms with Gasteiger partial charge in [0.1, 0.15) is 23.7 Å². The van der Waals surface area contributed by atoms with Gasteiger partial charge >= 0.3 is 0 Å². The fourth-order valence-corrected chi connectivity index (χ4v) is 3.36. The molecule has 2 aliphatic rings. The zero-order valence-electron chi connectivity index (χ0n) is 15.7. The first-order valence-corrected chi connectivity index (χ1v) is 9.26. The van der Waals surface area contributed by atoms with Gasteiger partial charge in [0.05, 0.1) is 23.3 Å². The van der Waals surface area contributed by atoms with Crippen LogP contribution in [0.4, 0.5) is 0 Å². The topological polar surface area (TPSA) is 150 Å². The predicted molar refractivity (Wildman–Crippen MR) is 105 cm³/mol. The van der Waals surface area contributed by atoms with E-state index in [4.69, 9.17) is 13.9 Å². The Balaban J connectivity index is 1.62. The maximum Gasteiger partial charge on any atom is 0.234 e. The molecule has 1 aromatic heterocycles. The monoisotopic (exact) mass is 416 g/mol. The van der Waals surface area contributed by atoms with Crippen LogP contribution in [0.3, 0.4) is 0 Å². The van der Waals surface area contributed by atoms with Crippen molar-refractivity contribution < 1.29 is 39.4 Å². The third-order valence-electron chi connectivity index (χ3n) is 5.04. The van der Waals surface area contributed by atoms with E-state index in [-0.39, 0.29) is 22.5 Å². The van der Waals surface area contributed by atoms with Crippen molar-refractivity contribution in [3.05, 3.63) is 69.7 Å². The van der Waals surface area contributed by atoms with Crippen LogP contribution in [0, 0.1) is 0 Å². The first-order valence-electron chi connectivity index (χ1n) is 9.26. The van der Waals surface area contributed by atoms with Crippen LogP contribution in [-0.4, -0.2) is 50.6 Å². The molecule has 0 radical (unpaired) electrons. The van der Waals surface area contributed by atoms with Gasteiger partial charge in [-0.1, -0.05) is 6.08 Å². The molecule has 0 saturated heterocycles. The number of allylic oxidation sites excluding steroid dienone is 4. The number of hydrogen-bond donors (Lipinski definition) is 5. The van der Waals surface area contributed by atoms with Crippen molar-refractivity contribution in [2.45, 2.75) is 31.3 Å². The molecule has 30 heavy (non-hydrogen) atoms. The summed E-state index contributed by atoms with van der Waals surface area (Å²) in [6, 6.07) is 4.41. The van der Waals surface area contributed by atoms with Crippen molar-refractivity contribution in [3.8, 4) is 5.75 Å². The summed E-state index contributed by atoms with van der Waals surface area (Å²) in [4.78, 5) is 12.8. The molecule has 3 atom stereocenters. The molecule has 0 spiro atoms. The van der Waals surface area contributed by atoms with Gasteiger partial charge in [-0.15, -0.1) is 0 Å². The molecule has 0 fully saturated rings. The zero-order valence-corrected chi connectivity index (χ0v) is 15.7. The Kier molecular flexibility index (Phi) is 5.25. The molecule has 5 N–H and O–H groups in total. The van der Waals surface area contributed by atoms with Crippen LogP contribution in [0.15, 0.2) is 63.1 Å². The molecule has 9 heteroatoms. The molecule has 0 bridgehead atoms. The minimum atomic E-state index is -1.67. The minimum absolute atomic E-state index is 0.179. The molecule has 2 aromatic rings. The molecule has 1 aliphatic carbocycles. The van der Waals surface area contributed by atoms with Crippen LogP contribution in [0.25, 0.3) is 16.5 Å². The van der Waals surface area contributed by atoms with E-state index in [0.29, 0.717) is 23.8 Å². The summed E-state index contributed by atoms with van der Waals surface area (Å²) in [6.45, 7) is -0.624. The van der Waals surface area contributed by atoms with Crippen molar-refractivity contribution >= 4 is 16.5 Å². The highest BCUT2D eigenvalue weighted by atomic mass is 16.7. The largest absolute Gasteiger partial charge is 0.512 e. The molecule has 158 valence electrons. The summed E-state index contributed by atoms with van der Waals surface area (Å²) < 4.78 is 16.4. The summed E-state index contributed by atoms with van der Waals surface area (Å²) in [5.74, 6) is -0.973. The number of aliphatic hydroxyl groups is 5. The molecule has 1 aromatic carbocycles. The zero-order chi connectivity index (χ0) is 21.4. The summed E-state index contributed by atoms with van der Waals surface area (Å²) in [5.41, 5.74) is 1.17. The van der Waals surface area contributed by atoms with Gasteiger partial charge in [-0.05, 0) is 30.2 Å². The van der Waals surface area contributed by atoms with Gasteiger partial charge in [0.25, 0.3) is 0 Å². The first kappa shape index (κ1) is 20.0. The van der Waals surface area contributed by atoms with Gasteiger partial charge in [-0.2, -0.15) is 0 Å². The van der Waals surface area contributed by atoms with Crippen molar-refractivity contribution in [1.29, 1.82) is 0 Å². The molecule has 0 saturated carbocycles. The number of fused-ring (bicyclic) bond motifs is 1. The molecule has 4 rings (SSSR count). The van der Waals surface area contributed by atoms with E-state index in [1.807, 2.05) is 0 Å². The van der Waals surface area contributed by atoms with Gasteiger partial charge in [-0.3, -0.25) is 4.79 Å². The summed E-state index contributed by atoms with van der Waals surface area (Å²) in [7, 11) is 0. The quantitative estimate of drug-likeness (QED) is 0.505. The second kappa shape index (κ2) is 7.86. The van der Waals surface area contributed by atoms with E-state index < -0.39 is 36.6 Å². The molecular weight excluding hydrogens is 396 g/mol. The van der Waals surface area contributed by atoms with E-state index in [2.05, 4.69) is 0 Å². The number of aliphatic hydroxyl groups excluding tert-OH is 5. The fourth-order valence-electron chi connectivity index (χ4n) is 3.36. The van der Waals surface area contributed by atoms with Crippen LogP contribution >= 0.6 is 0 Å². The fraction of sp³-hybridized carbons (Fsp3) is 0.286. The lowest BCUT2D eigenvalue weighted by Crippen LogP contribution is -2.45. The molecular formula is C21H20O9. The van der Waals surface area contributed by atoms with Crippen LogP contribution in [0.2, 0.25) is 0 Å². The van der Waals surface area contributed by atoms with Crippen molar-refractivity contribution in [2.24, 2.45) is 0 Å². The second-order valence-corrected chi connectivity index (χ2v) is 7.00. The maximum absolute atomic E-state index is 12.8. The summed E-state index contributed by atoms with van der Waals surface area (Å²) in [6.07, 6.45) is 1.25. The smallest absolute Gasteiger partial charge is 0.234 e. The standard InChI is InChI=1S/C21H20O9/c22-8-16-18(25)19(26)20(27)21(30-16)29-12-5-6-13-15(7-12)28-9-14(17(13)24)10-1-3-11(23)4-2-10/h1,3,5-7,9,16,20-23,25-27H,2,4,8H2. The van der Waals surface area contributed by atoms with Crippen molar-refractivity contribution in [2.75, 3.05) is 6.61 Å². The lowest BCUT2D eigenvalue weighted by Gasteiger charge is -2.32. The van der Waals surface area contributed by atoms with Crippen LogP contribution in [-0.2, 0) is 4.74 Å². The molecule has 9 nitrogen and oxygen atoms in total. The van der Waals surface area contributed by atoms with E-state index in [9.17, 15) is 30.3 Å². The average molecular weight is 416 g/mol. The molecule has 0 amide bonds. The third kappa shape index (κ3) is 3.54. The normalized spacial score (nSPS) is 24.5. The van der Waals surface area contributed by atoms with Crippen molar-refractivity contribution in [1.82, 2.24) is 0 Å². The number of hydrogen-bond acceptors (Lipinski definition) is 9. The van der Waals surface area contributed by atoms with E-state index >= 15 is 0 Å². The summed E-state index contributed by atoms with van der Waals surface area (Å²) >= 11 is 0. The Morgan fingerprint density at radius 1 is 1.10 bits per heavy atom. The lowest BCUT2D eigenvalue weighted by molar-refractivity contribution is -0.192. The van der Waals surface area contributed by atoms with Crippen LogP contribution in [0.1, 0.15) is 18.4 Å². The number of benzene rings is 1. The van der Waals surface area contributed by atoms with Gasteiger partial charge < -0.3 is 39.4 Å². The Morgan fingerprint density at radius 3 is 2.60 bits per heavy atom. The van der Waals surface area contributed by atoms with E-state index in [1.54, 1.807) is 12.2 Å². The Morgan fingerprint density at radius 2 is 1.90 bits per heavy atom. The highest BCUT2D eigenvalue weighted by molar-refractivity contribution is 5.82. The number of rotatable bonds is 4. The Labute approximate surface area is 170 Å². The minimum Gasteiger partial charge on any atom is -0.512 e. The highest BCUT2D eigenvalue weighted by Crippen LogP contribution is 2.29. The average Bonchev–Trinajstić information content (AvgIpc) is 2.75. The van der Waals surface area contributed by atoms with Gasteiger partial charge in [0.2, 0.25) is 6.29 Å².